The van der Waals surface area contributed by atoms with Gasteiger partial charge < -0.3 is 15.2 Å². The maximum Gasteiger partial charge on any atom is 0.340 e. The number of esters is 1. The predicted octanol–water partition coefficient (Wildman–Crippen LogP) is 2.76. The fourth-order valence-electron chi connectivity index (χ4n) is 1.45. The largest absolute Gasteiger partial charge is 0.459 e. The van der Waals surface area contributed by atoms with Crippen molar-refractivity contribution >= 4 is 11.7 Å². The van der Waals surface area contributed by atoms with Gasteiger partial charge in [0, 0.05) is 5.56 Å². The first-order chi connectivity index (χ1) is 8.41. The summed E-state index contributed by atoms with van der Waals surface area (Å²) in [5.74, 6) is -0.395. The molecule has 1 rings (SSSR count). The molecular formula is C14H21NO3. The Kier molecular flexibility index (Phi) is 5.16. The van der Waals surface area contributed by atoms with E-state index >= 15 is 0 Å². The highest BCUT2D eigenvalue weighted by atomic mass is 16.5. The molecule has 0 aliphatic carbocycles. The molecule has 4 nitrogen and oxygen atoms in total. The average Bonchev–Trinajstić information content (AvgIpc) is 2.26. The zero-order valence-electron chi connectivity index (χ0n) is 11.4. The van der Waals surface area contributed by atoms with Crippen molar-refractivity contribution in [2.45, 2.75) is 46.5 Å². The van der Waals surface area contributed by atoms with E-state index in [2.05, 4.69) is 0 Å². The van der Waals surface area contributed by atoms with Crippen molar-refractivity contribution in [3.63, 3.8) is 0 Å². The molecule has 1 aromatic carbocycles. The summed E-state index contributed by atoms with van der Waals surface area (Å²) < 4.78 is 10.6. The summed E-state index contributed by atoms with van der Waals surface area (Å²) in [6, 6.07) is 5.30. The van der Waals surface area contributed by atoms with Crippen LogP contribution in [0.15, 0.2) is 18.2 Å². The number of benzene rings is 1. The molecule has 0 saturated carbocycles. The quantitative estimate of drug-likeness (QED) is 0.645. The number of hydrogen-bond acceptors (Lipinski definition) is 4. The first kappa shape index (κ1) is 14.5. The molecule has 0 amide bonds. The summed E-state index contributed by atoms with van der Waals surface area (Å²) in [4.78, 5) is 11.8. The lowest BCUT2D eigenvalue weighted by Crippen LogP contribution is -2.15. The molecule has 0 aromatic heterocycles. The molecule has 0 aliphatic rings. The van der Waals surface area contributed by atoms with Gasteiger partial charge in [0.05, 0.1) is 30.1 Å². The van der Waals surface area contributed by atoms with E-state index in [1.165, 1.54) is 0 Å². The van der Waals surface area contributed by atoms with Gasteiger partial charge in [-0.05, 0) is 33.8 Å². The van der Waals surface area contributed by atoms with Crippen LogP contribution in [-0.4, -0.2) is 18.2 Å². The highest BCUT2D eigenvalue weighted by Gasteiger charge is 2.15. The van der Waals surface area contributed by atoms with E-state index in [0.29, 0.717) is 17.9 Å². The smallest absolute Gasteiger partial charge is 0.340 e. The Hall–Kier alpha value is -1.55. The molecule has 0 bridgehead atoms. The molecule has 0 unspecified atom stereocenters. The summed E-state index contributed by atoms with van der Waals surface area (Å²) in [7, 11) is 0. The Labute approximate surface area is 108 Å². The first-order valence-electron chi connectivity index (χ1n) is 6.11. The molecule has 2 N–H and O–H groups in total. The molecule has 0 saturated heterocycles. The van der Waals surface area contributed by atoms with E-state index in [1.807, 2.05) is 19.9 Å². The van der Waals surface area contributed by atoms with Crippen molar-refractivity contribution in [1.29, 1.82) is 0 Å². The topological polar surface area (TPSA) is 61.5 Å². The first-order valence-corrected chi connectivity index (χ1v) is 6.11. The molecule has 100 valence electrons. The van der Waals surface area contributed by atoms with Crippen molar-refractivity contribution in [2.75, 3.05) is 5.73 Å². The molecule has 0 atom stereocenters. The van der Waals surface area contributed by atoms with Gasteiger partial charge in [-0.2, -0.15) is 0 Å². The van der Waals surface area contributed by atoms with Crippen LogP contribution in [0.25, 0.3) is 0 Å². The number of ether oxygens (including phenoxy) is 2. The molecule has 0 heterocycles. The van der Waals surface area contributed by atoms with E-state index in [4.69, 9.17) is 15.2 Å². The highest BCUT2D eigenvalue weighted by Crippen LogP contribution is 2.20. The number of hydrogen-bond donors (Lipinski definition) is 1. The van der Waals surface area contributed by atoms with Gasteiger partial charge >= 0.3 is 5.97 Å². The Balaban J connectivity index is 2.87. The second-order valence-corrected chi connectivity index (χ2v) is 4.69. The van der Waals surface area contributed by atoms with Gasteiger partial charge in [0.1, 0.15) is 0 Å². The van der Waals surface area contributed by atoms with Crippen molar-refractivity contribution in [1.82, 2.24) is 0 Å². The van der Waals surface area contributed by atoms with Crippen LogP contribution in [-0.2, 0) is 16.1 Å². The van der Waals surface area contributed by atoms with Gasteiger partial charge in [-0.25, -0.2) is 4.79 Å². The molecule has 0 radical (unpaired) electrons. The number of nitrogens with two attached hydrogens (primary N) is 1. The standard InChI is InChI=1S/C14H21NO3/c1-9(2)17-8-11-6-5-7-12(13(11)15)14(16)18-10(3)4/h5-7,9-10H,8,15H2,1-4H3. The van der Waals surface area contributed by atoms with Crippen LogP contribution in [0.4, 0.5) is 5.69 Å². The van der Waals surface area contributed by atoms with Crippen LogP contribution in [0, 0.1) is 0 Å². The Morgan fingerprint density at radius 3 is 2.44 bits per heavy atom. The van der Waals surface area contributed by atoms with E-state index in [1.54, 1.807) is 26.0 Å². The van der Waals surface area contributed by atoms with E-state index < -0.39 is 5.97 Å². The average molecular weight is 251 g/mol. The van der Waals surface area contributed by atoms with Crippen molar-refractivity contribution in [3.05, 3.63) is 29.3 Å². The SMILES string of the molecule is CC(C)OCc1cccc(C(=O)OC(C)C)c1N. The minimum atomic E-state index is -0.395. The van der Waals surface area contributed by atoms with Crippen molar-refractivity contribution in [2.24, 2.45) is 0 Å². The lowest BCUT2D eigenvalue weighted by Gasteiger charge is -2.13. The number of carbonyl (C=O) groups is 1. The number of para-hydroxylation sites is 1. The number of anilines is 1. The number of carbonyl (C=O) groups excluding carboxylic acids is 1. The van der Waals surface area contributed by atoms with E-state index in [9.17, 15) is 4.79 Å². The maximum absolute atomic E-state index is 11.8. The lowest BCUT2D eigenvalue weighted by molar-refractivity contribution is 0.0378. The zero-order valence-corrected chi connectivity index (χ0v) is 11.4. The van der Waals surface area contributed by atoms with Gasteiger partial charge in [-0.3, -0.25) is 0 Å². The van der Waals surface area contributed by atoms with Crippen molar-refractivity contribution in [3.8, 4) is 0 Å². The van der Waals surface area contributed by atoms with Gasteiger partial charge in [0.15, 0.2) is 0 Å². The normalized spacial score (nSPS) is 11.0. The zero-order chi connectivity index (χ0) is 13.7. The third-order valence-corrected chi connectivity index (χ3v) is 2.33. The molecule has 18 heavy (non-hydrogen) atoms. The summed E-state index contributed by atoms with van der Waals surface area (Å²) >= 11 is 0. The monoisotopic (exact) mass is 251 g/mol. The Morgan fingerprint density at radius 1 is 1.22 bits per heavy atom. The third kappa shape index (κ3) is 4.04. The van der Waals surface area contributed by atoms with Crippen molar-refractivity contribution < 1.29 is 14.3 Å². The Morgan fingerprint density at radius 2 is 1.89 bits per heavy atom. The van der Waals surface area contributed by atoms with Gasteiger partial charge in [-0.15, -0.1) is 0 Å². The fourth-order valence-corrected chi connectivity index (χ4v) is 1.45. The molecule has 0 spiro atoms. The lowest BCUT2D eigenvalue weighted by atomic mass is 10.1. The Bertz CT molecular complexity index is 414. The van der Waals surface area contributed by atoms with Crippen LogP contribution in [0.3, 0.4) is 0 Å². The predicted molar refractivity (Wildman–Crippen MR) is 71.3 cm³/mol. The molecule has 4 heteroatoms. The van der Waals surface area contributed by atoms with Crippen LogP contribution in [0.2, 0.25) is 0 Å². The van der Waals surface area contributed by atoms with Gasteiger partial charge in [0.2, 0.25) is 0 Å². The van der Waals surface area contributed by atoms with Gasteiger partial charge in [-0.1, -0.05) is 12.1 Å². The minimum absolute atomic E-state index is 0.121. The van der Waals surface area contributed by atoms with Crippen LogP contribution < -0.4 is 5.73 Å². The highest BCUT2D eigenvalue weighted by molar-refractivity contribution is 5.95. The molecule has 0 fully saturated rings. The van der Waals surface area contributed by atoms with Crippen LogP contribution in [0.1, 0.15) is 43.6 Å². The van der Waals surface area contributed by atoms with E-state index in [-0.39, 0.29) is 12.2 Å². The second kappa shape index (κ2) is 6.40. The minimum Gasteiger partial charge on any atom is -0.459 e. The molecular weight excluding hydrogens is 230 g/mol. The summed E-state index contributed by atoms with van der Waals surface area (Å²) in [6.07, 6.45) is -0.0388. The molecule has 0 aliphatic heterocycles. The number of nitrogen functional groups attached to an aromatic ring is 1. The second-order valence-electron chi connectivity index (χ2n) is 4.69. The third-order valence-electron chi connectivity index (χ3n) is 2.33. The summed E-state index contributed by atoms with van der Waals surface area (Å²) in [6.45, 7) is 7.91. The van der Waals surface area contributed by atoms with Crippen LogP contribution in [0.5, 0.6) is 0 Å². The molecule has 1 aromatic rings. The van der Waals surface area contributed by atoms with Crippen LogP contribution >= 0.6 is 0 Å². The van der Waals surface area contributed by atoms with Gasteiger partial charge in [0.25, 0.3) is 0 Å². The summed E-state index contributed by atoms with van der Waals surface area (Å²) in [5.41, 5.74) is 7.60. The maximum atomic E-state index is 11.8. The summed E-state index contributed by atoms with van der Waals surface area (Å²) in [5, 5.41) is 0. The van der Waals surface area contributed by atoms with E-state index in [0.717, 1.165) is 5.56 Å². The number of rotatable bonds is 5. The fraction of sp³-hybridized carbons (Fsp3) is 0.500.